The van der Waals surface area contributed by atoms with Gasteiger partial charge in [-0.15, -0.1) is 0 Å². The van der Waals surface area contributed by atoms with Crippen LogP contribution in [-0.4, -0.2) is 33.9 Å². The van der Waals surface area contributed by atoms with Crippen LogP contribution in [0.3, 0.4) is 0 Å². The second-order valence-corrected chi connectivity index (χ2v) is 7.31. The summed E-state index contributed by atoms with van der Waals surface area (Å²) >= 11 is 0. The van der Waals surface area contributed by atoms with E-state index in [9.17, 15) is 19.8 Å². The fraction of sp³-hybridized carbons (Fsp3) is 0.391. The highest BCUT2D eigenvalue weighted by atomic mass is 16.7. The summed E-state index contributed by atoms with van der Waals surface area (Å²) in [6, 6.07) is 7.17. The van der Waals surface area contributed by atoms with Gasteiger partial charge in [0.1, 0.15) is 5.75 Å². The maximum absolute atomic E-state index is 12.0. The van der Waals surface area contributed by atoms with Crippen LogP contribution in [-0.2, 0) is 20.9 Å². The standard InChI is InChI=1S/C23H26O6/c1-2-8-16-12-13-19(24)18(16)10-4-3-7-14-23(27,21(25)26)22-28-15-17-9-5-6-11-20(17)29-22/h2-6,8-9,11-13,16,18,22,27H,7,10,14-15H2,1H3,(H,25,26)/t16-,18+,22-,23?/m0/s1. The zero-order chi connectivity index (χ0) is 20.9. The molecule has 1 aromatic rings. The van der Waals surface area contributed by atoms with E-state index < -0.39 is 17.9 Å². The monoisotopic (exact) mass is 398 g/mol. The molecule has 0 fully saturated rings. The first-order chi connectivity index (χ1) is 14.0. The zero-order valence-electron chi connectivity index (χ0n) is 16.4. The Hall–Kier alpha value is -2.70. The minimum Gasteiger partial charge on any atom is -0.479 e. The molecule has 1 heterocycles. The van der Waals surface area contributed by atoms with Crippen LogP contribution in [0.2, 0.25) is 0 Å². The van der Waals surface area contributed by atoms with Crippen molar-refractivity contribution in [2.24, 2.45) is 11.8 Å². The average Bonchev–Trinajstić information content (AvgIpc) is 3.06. The van der Waals surface area contributed by atoms with Gasteiger partial charge < -0.3 is 19.7 Å². The predicted octanol–water partition coefficient (Wildman–Crippen LogP) is 3.41. The number of hydrogen-bond donors (Lipinski definition) is 2. The van der Waals surface area contributed by atoms with Gasteiger partial charge >= 0.3 is 5.97 Å². The summed E-state index contributed by atoms with van der Waals surface area (Å²) in [5.41, 5.74) is -1.36. The van der Waals surface area contributed by atoms with E-state index in [2.05, 4.69) is 0 Å². The van der Waals surface area contributed by atoms with Crippen molar-refractivity contribution in [1.82, 2.24) is 0 Å². The lowest BCUT2D eigenvalue weighted by molar-refractivity contribution is -0.226. The number of benzene rings is 1. The smallest absolute Gasteiger partial charge is 0.342 e. The zero-order valence-corrected chi connectivity index (χ0v) is 16.4. The molecule has 0 bridgehead atoms. The molecule has 1 unspecified atom stereocenters. The van der Waals surface area contributed by atoms with Crippen molar-refractivity contribution >= 4 is 11.8 Å². The molecule has 3 rings (SSSR count). The van der Waals surface area contributed by atoms with Crippen LogP contribution in [0.5, 0.6) is 5.75 Å². The topological polar surface area (TPSA) is 93.1 Å². The first-order valence-corrected chi connectivity index (χ1v) is 9.77. The fourth-order valence-electron chi connectivity index (χ4n) is 3.62. The molecule has 1 aromatic carbocycles. The van der Waals surface area contributed by atoms with E-state index in [1.807, 2.05) is 43.4 Å². The van der Waals surface area contributed by atoms with Gasteiger partial charge in [0.2, 0.25) is 11.9 Å². The third-order valence-corrected chi connectivity index (χ3v) is 5.33. The minimum atomic E-state index is -2.17. The van der Waals surface area contributed by atoms with Crippen LogP contribution in [0, 0.1) is 11.8 Å². The molecule has 4 atom stereocenters. The molecule has 0 radical (unpaired) electrons. The van der Waals surface area contributed by atoms with E-state index >= 15 is 0 Å². The molecule has 0 spiro atoms. The van der Waals surface area contributed by atoms with Gasteiger partial charge in [0.25, 0.3) is 0 Å². The summed E-state index contributed by atoms with van der Waals surface area (Å²) in [6.07, 6.45) is 10.6. The quantitative estimate of drug-likeness (QED) is 0.652. The lowest BCUT2D eigenvalue weighted by Crippen LogP contribution is -2.54. The number of aliphatic hydroxyl groups is 1. The summed E-state index contributed by atoms with van der Waals surface area (Å²) in [5.74, 6) is -0.804. The van der Waals surface area contributed by atoms with E-state index in [0.29, 0.717) is 18.6 Å². The van der Waals surface area contributed by atoms with Crippen molar-refractivity contribution in [3.05, 3.63) is 66.3 Å². The Morgan fingerprint density at radius 3 is 2.86 bits per heavy atom. The van der Waals surface area contributed by atoms with Gasteiger partial charge in [0, 0.05) is 17.4 Å². The lowest BCUT2D eigenvalue weighted by atomic mass is 9.90. The summed E-state index contributed by atoms with van der Waals surface area (Å²) < 4.78 is 11.1. The molecule has 29 heavy (non-hydrogen) atoms. The number of aliphatic carboxylic acids is 1. The van der Waals surface area contributed by atoms with Gasteiger partial charge in [-0.3, -0.25) is 4.79 Å². The Morgan fingerprint density at radius 1 is 1.31 bits per heavy atom. The average molecular weight is 398 g/mol. The maximum Gasteiger partial charge on any atom is 0.342 e. The first kappa shape index (κ1) is 21.0. The van der Waals surface area contributed by atoms with Gasteiger partial charge in [-0.1, -0.05) is 48.6 Å². The van der Waals surface area contributed by atoms with Crippen molar-refractivity contribution < 1.29 is 29.3 Å². The third-order valence-electron chi connectivity index (χ3n) is 5.33. The highest BCUT2D eigenvalue weighted by Crippen LogP contribution is 2.32. The number of rotatable bonds is 8. The van der Waals surface area contributed by atoms with Crippen molar-refractivity contribution in [3.8, 4) is 5.75 Å². The van der Waals surface area contributed by atoms with Crippen LogP contribution in [0.1, 0.15) is 31.7 Å². The number of ether oxygens (including phenoxy) is 2. The molecule has 0 saturated heterocycles. The lowest BCUT2D eigenvalue weighted by Gasteiger charge is -2.35. The van der Waals surface area contributed by atoms with Crippen LogP contribution >= 0.6 is 0 Å². The normalized spacial score (nSPS) is 25.9. The summed E-state index contributed by atoms with van der Waals surface area (Å²) in [7, 11) is 0. The number of hydrogen-bond acceptors (Lipinski definition) is 5. The Balaban J connectivity index is 1.58. The molecule has 154 valence electrons. The van der Waals surface area contributed by atoms with E-state index in [1.165, 1.54) is 0 Å². The SMILES string of the molecule is CC=C[C@H]1C=CC(=O)[C@@H]1CC=CCCC(O)(C(=O)O)[C@H]1OCc2ccccc2O1. The number of carboxylic acids is 1. The van der Waals surface area contributed by atoms with E-state index in [1.54, 1.807) is 24.3 Å². The van der Waals surface area contributed by atoms with Crippen LogP contribution < -0.4 is 4.74 Å². The van der Waals surface area contributed by atoms with Gasteiger partial charge in [-0.25, -0.2) is 4.79 Å². The summed E-state index contributed by atoms with van der Waals surface area (Å²) in [4.78, 5) is 23.7. The third kappa shape index (κ3) is 4.66. The van der Waals surface area contributed by atoms with Crippen molar-refractivity contribution in [2.75, 3.05) is 0 Å². The van der Waals surface area contributed by atoms with Gasteiger partial charge in [0.15, 0.2) is 5.78 Å². The van der Waals surface area contributed by atoms with Crippen LogP contribution in [0.25, 0.3) is 0 Å². The second kappa shape index (κ2) is 9.20. The van der Waals surface area contributed by atoms with E-state index in [-0.39, 0.29) is 30.6 Å². The maximum atomic E-state index is 12.0. The van der Waals surface area contributed by atoms with E-state index in [4.69, 9.17) is 9.47 Å². The highest BCUT2D eigenvalue weighted by molar-refractivity contribution is 5.95. The number of fused-ring (bicyclic) bond motifs is 1. The van der Waals surface area contributed by atoms with Crippen molar-refractivity contribution in [1.29, 1.82) is 0 Å². The molecule has 1 aliphatic heterocycles. The molecule has 2 aliphatic rings. The van der Waals surface area contributed by atoms with E-state index in [0.717, 1.165) is 5.56 Å². The Labute approximate surface area is 170 Å². The number of carbonyl (C=O) groups excluding carboxylic acids is 1. The second-order valence-electron chi connectivity index (χ2n) is 7.31. The molecule has 6 heteroatoms. The summed E-state index contributed by atoms with van der Waals surface area (Å²) in [5, 5.41) is 20.3. The van der Waals surface area contributed by atoms with Gasteiger partial charge in [0.05, 0.1) is 6.61 Å². The Morgan fingerprint density at radius 2 is 2.10 bits per heavy atom. The summed E-state index contributed by atoms with van der Waals surface area (Å²) in [6.45, 7) is 2.10. The molecular weight excluding hydrogens is 372 g/mol. The van der Waals surface area contributed by atoms with Crippen LogP contribution in [0.15, 0.2) is 60.7 Å². The van der Waals surface area contributed by atoms with Gasteiger partial charge in [-0.05, 0) is 38.3 Å². The molecule has 0 saturated carbocycles. The molecule has 6 nitrogen and oxygen atoms in total. The molecule has 2 N–H and O–H groups in total. The fourth-order valence-corrected chi connectivity index (χ4v) is 3.62. The Bertz CT molecular complexity index is 840. The molecular formula is C23H26O6. The highest BCUT2D eigenvalue weighted by Gasteiger charge is 2.48. The predicted molar refractivity (Wildman–Crippen MR) is 107 cm³/mol. The first-order valence-electron chi connectivity index (χ1n) is 9.77. The molecule has 0 aromatic heterocycles. The minimum absolute atomic E-state index is 0.0686. The molecule has 1 aliphatic carbocycles. The number of ketones is 1. The number of carbonyl (C=O) groups is 2. The number of carboxylic acid groups (broad SMARTS) is 1. The van der Waals surface area contributed by atoms with Crippen molar-refractivity contribution in [2.45, 2.75) is 44.7 Å². The largest absolute Gasteiger partial charge is 0.479 e. The van der Waals surface area contributed by atoms with Crippen LogP contribution in [0.4, 0.5) is 0 Å². The van der Waals surface area contributed by atoms with Crippen molar-refractivity contribution in [3.63, 3.8) is 0 Å². The molecule has 0 amide bonds. The Kier molecular flexibility index (Phi) is 6.67. The number of allylic oxidation sites excluding steroid dienone is 6. The number of para-hydroxylation sites is 1. The van der Waals surface area contributed by atoms with Gasteiger partial charge in [-0.2, -0.15) is 0 Å².